The van der Waals surface area contributed by atoms with Gasteiger partial charge < -0.3 is 10.5 Å². The molecule has 0 radical (unpaired) electrons. The van der Waals surface area contributed by atoms with Crippen LogP contribution in [0.3, 0.4) is 0 Å². The Hall–Kier alpha value is -1.23. The Balaban J connectivity index is 3.23. The van der Waals surface area contributed by atoms with Gasteiger partial charge >= 0.3 is 0 Å². The molecule has 0 unspecified atom stereocenters. The predicted octanol–water partition coefficient (Wildman–Crippen LogP) is 1.88. The summed E-state index contributed by atoms with van der Waals surface area (Å²) >= 11 is 0. The Kier molecular flexibility index (Phi) is 3.00. The highest BCUT2D eigenvalue weighted by Crippen LogP contribution is 2.34. The summed E-state index contributed by atoms with van der Waals surface area (Å²) in [5, 5.41) is 0. The van der Waals surface area contributed by atoms with Crippen LogP contribution in [0.2, 0.25) is 0 Å². The maximum absolute atomic E-state index is 13.1. The van der Waals surface area contributed by atoms with Crippen molar-refractivity contribution in [2.24, 2.45) is 5.73 Å². The molecule has 1 rings (SSSR count). The third-order valence-corrected chi connectivity index (χ3v) is 1.81. The molecule has 0 aliphatic carbocycles. The summed E-state index contributed by atoms with van der Waals surface area (Å²) in [5.41, 5.74) is 4.36. The number of nitrogens with two attached hydrogens (primary N) is 1. The Morgan fingerprint density at radius 2 is 2.07 bits per heavy atom. The van der Waals surface area contributed by atoms with E-state index in [1.165, 1.54) is 7.11 Å². The second-order valence-corrected chi connectivity index (χ2v) is 2.75. The molecule has 2 N–H and O–H groups in total. The summed E-state index contributed by atoms with van der Waals surface area (Å²) in [6, 6.07) is 2.93. The molecule has 1 aromatic rings. The van der Waals surface area contributed by atoms with Crippen molar-refractivity contribution < 1.29 is 17.9 Å². The van der Waals surface area contributed by atoms with Gasteiger partial charge in [0, 0.05) is 0 Å². The average Bonchev–Trinajstić information content (AvgIpc) is 2.18. The van der Waals surface area contributed by atoms with Crippen LogP contribution < -0.4 is 10.5 Å². The number of halogens is 3. The zero-order valence-corrected chi connectivity index (χ0v) is 7.56. The highest BCUT2D eigenvalue weighted by atomic mass is 19.3. The van der Waals surface area contributed by atoms with Crippen LogP contribution in [0.15, 0.2) is 18.2 Å². The number of methoxy groups -OCH3 is 1. The lowest BCUT2D eigenvalue weighted by molar-refractivity contribution is 0.00338. The summed E-state index contributed by atoms with van der Waals surface area (Å²) in [6.45, 7) is -0.882. The monoisotopic (exact) mass is 205 g/mol. The third-order valence-electron chi connectivity index (χ3n) is 1.81. The van der Waals surface area contributed by atoms with E-state index in [2.05, 4.69) is 4.74 Å². The molecule has 0 amide bonds. The van der Waals surface area contributed by atoms with Crippen LogP contribution >= 0.6 is 0 Å². The SMILES string of the molecule is COc1ccc(F)cc1C(F)(F)CN. The first kappa shape index (κ1) is 10.8. The molecule has 0 heterocycles. The Morgan fingerprint density at radius 3 is 2.57 bits per heavy atom. The zero-order valence-electron chi connectivity index (χ0n) is 7.56. The van der Waals surface area contributed by atoms with Gasteiger partial charge in [0.25, 0.3) is 5.92 Å². The number of ether oxygens (including phenoxy) is 1. The van der Waals surface area contributed by atoms with E-state index in [1.807, 2.05) is 0 Å². The zero-order chi connectivity index (χ0) is 10.8. The fraction of sp³-hybridized carbons (Fsp3) is 0.333. The molecular weight excluding hydrogens is 195 g/mol. The molecule has 2 nitrogen and oxygen atoms in total. The van der Waals surface area contributed by atoms with E-state index in [9.17, 15) is 13.2 Å². The maximum atomic E-state index is 13.1. The lowest BCUT2D eigenvalue weighted by Crippen LogP contribution is -2.25. The fourth-order valence-corrected chi connectivity index (χ4v) is 1.08. The highest BCUT2D eigenvalue weighted by Gasteiger charge is 2.33. The fourth-order valence-electron chi connectivity index (χ4n) is 1.08. The minimum absolute atomic E-state index is 0.0677. The van der Waals surface area contributed by atoms with Gasteiger partial charge in [0.1, 0.15) is 11.6 Å². The molecule has 5 heteroatoms. The van der Waals surface area contributed by atoms with E-state index in [-0.39, 0.29) is 5.75 Å². The Morgan fingerprint density at radius 1 is 1.43 bits per heavy atom. The summed E-state index contributed by atoms with van der Waals surface area (Å²) in [7, 11) is 1.24. The van der Waals surface area contributed by atoms with E-state index < -0.39 is 23.8 Å². The van der Waals surface area contributed by atoms with Crippen LogP contribution in [-0.4, -0.2) is 13.7 Å². The van der Waals surface area contributed by atoms with Gasteiger partial charge in [0.15, 0.2) is 0 Å². The van der Waals surface area contributed by atoms with E-state index in [4.69, 9.17) is 5.73 Å². The van der Waals surface area contributed by atoms with Gasteiger partial charge in [-0.3, -0.25) is 0 Å². The second kappa shape index (κ2) is 3.88. The van der Waals surface area contributed by atoms with Crippen molar-refractivity contribution in [2.75, 3.05) is 13.7 Å². The van der Waals surface area contributed by atoms with E-state index in [0.29, 0.717) is 0 Å². The van der Waals surface area contributed by atoms with Gasteiger partial charge in [-0.1, -0.05) is 0 Å². The number of hydrogen-bond acceptors (Lipinski definition) is 2. The van der Waals surface area contributed by atoms with Crippen molar-refractivity contribution in [3.8, 4) is 5.75 Å². The van der Waals surface area contributed by atoms with E-state index in [1.54, 1.807) is 0 Å². The lowest BCUT2D eigenvalue weighted by atomic mass is 10.1. The molecule has 1 aromatic carbocycles. The summed E-state index contributed by atoms with van der Waals surface area (Å²) in [4.78, 5) is 0. The molecule has 0 aromatic heterocycles. The average molecular weight is 205 g/mol. The molecular formula is C9H10F3NO. The van der Waals surface area contributed by atoms with Crippen LogP contribution in [0.4, 0.5) is 13.2 Å². The second-order valence-electron chi connectivity index (χ2n) is 2.75. The van der Waals surface area contributed by atoms with Crippen LogP contribution in [0.25, 0.3) is 0 Å². The minimum Gasteiger partial charge on any atom is -0.496 e. The molecule has 0 atom stereocenters. The number of benzene rings is 1. The first-order valence-corrected chi connectivity index (χ1v) is 3.93. The van der Waals surface area contributed by atoms with Crippen LogP contribution in [0.5, 0.6) is 5.75 Å². The first-order valence-electron chi connectivity index (χ1n) is 3.93. The van der Waals surface area contributed by atoms with Crippen molar-refractivity contribution in [1.82, 2.24) is 0 Å². The van der Waals surface area contributed by atoms with Crippen LogP contribution in [0, 0.1) is 5.82 Å². The quantitative estimate of drug-likeness (QED) is 0.817. The Labute approximate surface area is 79.5 Å². The van der Waals surface area contributed by atoms with Crippen LogP contribution in [0.1, 0.15) is 5.56 Å². The molecule has 78 valence electrons. The van der Waals surface area contributed by atoms with Gasteiger partial charge in [-0.25, -0.2) is 4.39 Å². The summed E-state index contributed by atoms with van der Waals surface area (Å²) in [6.07, 6.45) is 0. The molecule has 0 saturated heterocycles. The minimum atomic E-state index is -3.27. The molecule has 0 aliphatic rings. The van der Waals surface area contributed by atoms with E-state index in [0.717, 1.165) is 18.2 Å². The van der Waals surface area contributed by atoms with Crippen molar-refractivity contribution in [3.05, 3.63) is 29.6 Å². The van der Waals surface area contributed by atoms with Gasteiger partial charge in [0.05, 0.1) is 19.2 Å². The molecule has 0 saturated carbocycles. The predicted molar refractivity (Wildman–Crippen MR) is 45.9 cm³/mol. The van der Waals surface area contributed by atoms with Crippen LogP contribution in [-0.2, 0) is 5.92 Å². The smallest absolute Gasteiger partial charge is 0.288 e. The number of alkyl halides is 2. The Bertz CT molecular complexity index is 328. The van der Waals surface area contributed by atoms with E-state index >= 15 is 0 Å². The molecule has 0 bridgehead atoms. The van der Waals surface area contributed by atoms with Gasteiger partial charge in [-0.15, -0.1) is 0 Å². The standard InChI is InChI=1S/C9H10F3NO/c1-14-8-3-2-6(10)4-7(8)9(11,12)5-13/h2-4H,5,13H2,1H3. The molecule has 0 aliphatic heterocycles. The summed E-state index contributed by atoms with van der Waals surface area (Å²) in [5.74, 6) is -4.08. The molecule has 0 spiro atoms. The summed E-state index contributed by atoms with van der Waals surface area (Å²) < 4.78 is 43.7. The number of rotatable bonds is 3. The topological polar surface area (TPSA) is 35.2 Å². The normalized spacial score (nSPS) is 11.5. The third kappa shape index (κ3) is 1.98. The van der Waals surface area contributed by atoms with Crippen molar-refractivity contribution >= 4 is 0 Å². The number of hydrogen-bond donors (Lipinski definition) is 1. The van der Waals surface area contributed by atoms with Gasteiger partial charge in [-0.05, 0) is 18.2 Å². The van der Waals surface area contributed by atoms with Gasteiger partial charge in [0.2, 0.25) is 0 Å². The first-order chi connectivity index (χ1) is 6.51. The van der Waals surface area contributed by atoms with Crippen molar-refractivity contribution in [1.29, 1.82) is 0 Å². The highest BCUT2D eigenvalue weighted by molar-refractivity contribution is 5.37. The molecule has 0 fully saturated rings. The van der Waals surface area contributed by atoms with Crippen molar-refractivity contribution in [3.63, 3.8) is 0 Å². The van der Waals surface area contributed by atoms with Gasteiger partial charge in [-0.2, -0.15) is 8.78 Å². The lowest BCUT2D eigenvalue weighted by Gasteiger charge is -2.17. The molecule has 14 heavy (non-hydrogen) atoms. The maximum Gasteiger partial charge on any atom is 0.288 e. The van der Waals surface area contributed by atoms with Crippen molar-refractivity contribution in [2.45, 2.75) is 5.92 Å². The largest absolute Gasteiger partial charge is 0.496 e.